The van der Waals surface area contributed by atoms with E-state index in [-0.39, 0.29) is 23.8 Å². The van der Waals surface area contributed by atoms with Crippen LogP contribution in [0.3, 0.4) is 0 Å². The second-order valence-corrected chi connectivity index (χ2v) is 8.85. The summed E-state index contributed by atoms with van der Waals surface area (Å²) in [6, 6.07) is 1.73. The number of piperidine rings is 1. The van der Waals surface area contributed by atoms with E-state index < -0.39 is 35.5 Å². The van der Waals surface area contributed by atoms with Crippen LogP contribution in [0.15, 0.2) is 16.7 Å². The quantitative estimate of drug-likeness (QED) is 0.519. The average Bonchev–Trinajstić information content (AvgIpc) is 3.43. The molecule has 4 atom stereocenters. The Morgan fingerprint density at radius 3 is 2.34 bits per heavy atom. The molecule has 1 aliphatic heterocycles. The lowest BCUT2D eigenvalue weighted by Gasteiger charge is -2.37. The molecule has 15 heteroatoms. The van der Waals surface area contributed by atoms with E-state index in [0.29, 0.717) is 35.5 Å². The largest absolute Gasteiger partial charge is 0.477 e. The molecule has 1 saturated heterocycles. The number of aryl methyl sites for hydroxylation is 1. The van der Waals surface area contributed by atoms with Crippen molar-refractivity contribution in [2.24, 2.45) is 11.8 Å². The van der Waals surface area contributed by atoms with Crippen molar-refractivity contribution in [2.75, 3.05) is 23.3 Å². The van der Waals surface area contributed by atoms with Gasteiger partial charge in [-0.05, 0) is 50.7 Å². The van der Waals surface area contributed by atoms with Crippen molar-refractivity contribution >= 4 is 17.6 Å². The summed E-state index contributed by atoms with van der Waals surface area (Å²) in [4.78, 5) is 10.3. The number of alkyl halides is 6. The summed E-state index contributed by atoms with van der Waals surface area (Å²) in [6.07, 6.45) is -10.0. The van der Waals surface area contributed by atoms with Crippen LogP contribution in [0.25, 0.3) is 5.65 Å². The minimum absolute atomic E-state index is 0.107. The molecule has 2 aliphatic rings. The Morgan fingerprint density at radius 2 is 1.77 bits per heavy atom. The van der Waals surface area contributed by atoms with Crippen LogP contribution in [0.2, 0.25) is 0 Å². The lowest BCUT2D eigenvalue weighted by molar-refractivity contribution is -0.189. The Morgan fingerprint density at radius 1 is 1.09 bits per heavy atom. The second kappa shape index (κ2) is 8.16. The number of fused-ring (bicyclic) bond motifs is 3. The van der Waals surface area contributed by atoms with Gasteiger partial charge >= 0.3 is 18.4 Å². The van der Waals surface area contributed by atoms with E-state index in [1.54, 1.807) is 6.92 Å². The summed E-state index contributed by atoms with van der Waals surface area (Å²) in [6.45, 7) is 3.66. The van der Waals surface area contributed by atoms with Crippen LogP contribution in [0.5, 0.6) is 5.75 Å². The molecule has 0 spiro atoms. The predicted molar refractivity (Wildman–Crippen MR) is 109 cm³/mol. The maximum absolute atomic E-state index is 13.6. The maximum Gasteiger partial charge on any atom is 0.433 e. The molecule has 190 valence electrons. The van der Waals surface area contributed by atoms with E-state index >= 15 is 0 Å². The molecule has 3 aromatic heterocycles. The number of rotatable bonds is 5. The van der Waals surface area contributed by atoms with Gasteiger partial charge in [0.15, 0.2) is 23.3 Å². The molecule has 1 saturated carbocycles. The van der Waals surface area contributed by atoms with E-state index in [0.717, 1.165) is 25.8 Å². The molecule has 0 amide bonds. The summed E-state index contributed by atoms with van der Waals surface area (Å²) in [5, 5.41) is 10.9. The van der Waals surface area contributed by atoms with Gasteiger partial charge in [-0.15, -0.1) is 5.10 Å². The van der Waals surface area contributed by atoms with Gasteiger partial charge < -0.3 is 19.5 Å². The number of ether oxygens (including phenoxy) is 1. The number of hydrogen-bond acceptors (Lipinski definition) is 8. The summed E-state index contributed by atoms with van der Waals surface area (Å²) in [5.74, 6) is 0.161. The first-order valence-electron chi connectivity index (χ1n) is 10.9. The van der Waals surface area contributed by atoms with Gasteiger partial charge in [-0.2, -0.15) is 36.3 Å². The van der Waals surface area contributed by atoms with Crippen molar-refractivity contribution < 1.29 is 35.6 Å². The smallest absolute Gasteiger partial charge is 0.433 e. The molecule has 1 N–H and O–H groups in total. The first kappa shape index (κ1) is 23.5. The summed E-state index contributed by atoms with van der Waals surface area (Å²) in [5.41, 5.74) is -1.63. The Bertz CT molecular complexity index is 1210. The molecule has 3 aromatic rings. The normalized spacial score (nSPS) is 23.7. The third-order valence-electron chi connectivity index (χ3n) is 6.42. The third kappa shape index (κ3) is 4.43. The summed E-state index contributed by atoms with van der Waals surface area (Å²) < 4.78 is 90.3. The fourth-order valence-electron chi connectivity index (χ4n) is 4.74. The number of hydrogen-bond donors (Lipinski definition) is 1. The van der Waals surface area contributed by atoms with Gasteiger partial charge in [0, 0.05) is 19.1 Å². The molecule has 35 heavy (non-hydrogen) atoms. The third-order valence-corrected chi connectivity index (χ3v) is 6.42. The molecular weight excluding hydrogens is 484 g/mol. The van der Waals surface area contributed by atoms with Crippen LogP contribution >= 0.6 is 0 Å². The van der Waals surface area contributed by atoms with E-state index in [2.05, 4.69) is 25.5 Å². The summed E-state index contributed by atoms with van der Waals surface area (Å²) >= 11 is 0. The standard InChI is InChI=1S/C20H21F6N7O2/c1-9(19(21,22)23)34-13-5-6-14(20(24,25)26)33-16(13)29-17(30-33)28-15-11-3-4-12(15)8-32(7-11)18-27-10(2)31-35-18/h5-6,9,11-12,15H,3-4,7-8H2,1-2H3,(H,28,30)/t9?,11-,12+,15?. The predicted octanol–water partition coefficient (Wildman–Crippen LogP) is 4.10. The Kier molecular flexibility index (Phi) is 5.47. The minimum atomic E-state index is -4.80. The lowest BCUT2D eigenvalue weighted by Crippen LogP contribution is -2.48. The van der Waals surface area contributed by atoms with Crippen LogP contribution in [-0.2, 0) is 6.18 Å². The van der Waals surface area contributed by atoms with Gasteiger partial charge in [0.25, 0.3) is 0 Å². The van der Waals surface area contributed by atoms with Crippen molar-refractivity contribution in [1.82, 2.24) is 24.7 Å². The van der Waals surface area contributed by atoms with Crippen molar-refractivity contribution in [2.45, 2.75) is 51.2 Å². The lowest BCUT2D eigenvalue weighted by atomic mass is 9.92. The zero-order valence-corrected chi connectivity index (χ0v) is 18.6. The highest BCUT2D eigenvalue weighted by Crippen LogP contribution is 2.40. The highest BCUT2D eigenvalue weighted by atomic mass is 19.4. The van der Waals surface area contributed by atoms with Crippen LogP contribution < -0.4 is 15.0 Å². The number of anilines is 2. The van der Waals surface area contributed by atoms with Crippen LogP contribution in [0.1, 0.15) is 31.3 Å². The van der Waals surface area contributed by atoms with Crippen molar-refractivity contribution in [1.29, 1.82) is 0 Å². The monoisotopic (exact) mass is 505 g/mol. The topological polar surface area (TPSA) is 93.6 Å². The van der Waals surface area contributed by atoms with Gasteiger partial charge in [0.2, 0.25) is 5.95 Å². The van der Waals surface area contributed by atoms with E-state index in [9.17, 15) is 26.3 Å². The van der Waals surface area contributed by atoms with E-state index in [1.807, 2.05) is 4.90 Å². The molecule has 2 unspecified atom stereocenters. The fourth-order valence-corrected chi connectivity index (χ4v) is 4.74. The molecule has 4 heterocycles. The van der Waals surface area contributed by atoms with E-state index in [1.165, 1.54) is 0 Å². The number of aromatic nitrogens is 5. The summed E-state index contributed by atoms with van der Waals surface area (Å²) in [7, 11) is 0. The molecule has 2 fully saturated rings. The second-order valence-electron chi connectivity index (χ2n) is 8.85. The molecule has 9 nitrogen and oxygen atoms in total. The molecule has 2 bridgehead atoms. The average molecular weight is 505 g/mol. The number of nitrogens with zero attached hydrogens (tertiary/aromatic N) is 6. The van der Waals surface area contributed by atoms with Crippen LogP contribution in [-0.4, -0.2) is 56.2 Å². The number of halogens is 6. The van der Waals surface area contributed by atoms with E-state index in [4.69, 9.17) is 9.26 Å². The van der Waals surface area contributed by atoms with Gasteiger partial charge in [-0.3, -0.25) is 0 Å². The first-order chi connectivity index (χ1) is 16.4. The van der Waals surface area contributed by atoms with Gasteiger partial charge in [0.05, 0.1) is 0 Å². The Balaban J connectivity index is 1.42. The molecule has 5 rings (SSSR count). The Hall–Kier alpha value is -3.26. The molecular formula is C20H21F6N7O2. The van der Waals surface area contributed by atoms with Crippen molar-refractivity contribution in [3.8, 4) is 5.75 Å². The van der Waals surface area contributed by atoms with Gasteiger partial charge in [-0.1, -0.05) is 5.16 Å². The van der Waals surface area contributed by atoms with Gasteiger partial charge in [-0.25, -0.2) is 4.52 Å². The molecule has 0 aromatic carbocycles. The highest BCUT2D eigenvalue weighted by Gasteiger charge is 2.44. The minimum Gasteiger partial charge on any atom is -0.477 e. The van der Waals surface area contributed by atoms with Crippen LogP contribution in [0, 0.1) is 18.8 Å². The SMILES string of the molecule is Cc1noc(N2C[C@H]3CC[C@@H](C2)C3Nc2nc3c(OC(C)C(F)(F)F)ccc(C(F)(F)F)n3n2)n1. The first-order valence-corrected chi connectivity index (χ1v) is 10.9. The zero-order chi connectivity index (χ0) is 25.1. The fraction of sp³-hybridized carbons (Fsp3) is 0.600. The van der Waals surface area contributed by atoms with Crippen molar-refractivity contribution in [3.05, 3.63) is 23.7 Å². The van der Waals surface area contributed by atoms with Gasteiger partial charge in [0.1, 0.15) is 5.69 Å². The number of pyridine rings is 1. The van der Waals surface area contributed by atoms with Crippen molar-refractivity contribution in [3.63, 3.8) is 0 Å². The number of nitrogens with one attached hydrogen (secondary N) is 1. The Labute approximate surface area is 194 Å². The molecule has 0 radical (unpaired) electrons. The molecule has 1 aliphatic carbocycles. The zero-order valence-electron chi connectivity index (χ0n) is 18.6. The highest BCUT2D eigenvalue weighted by molar-refractivity contribution is 5.57. The maximum atomic E-state index is 13.6. The van der Waals surface area contributed by atoms with Crippen LogP contribution in [0.4, 0.5) is 38.3 Å².